The lowest BCUT2D eigenvalue weighted by atomic mass is 10.3. The van der Waals surface area contributed by atoms with Gasteiger partial charge in [0.05, 0.1) is 12.4 Å². The molecule has 102 valence electrons. The van der Waals surface area contributed by atoms with Gasteiger partial charge in [-0.05, 0) is 24.3 Å². The first-order valence-corrected chi connectivity index (χ1v) is 6.88. The van der Waals surface area contributed by atoms with Crippen molar-refractivity contribution in [2.75, 3.05) is 19.5 Å². The van der Waals surface area contributed by atoms with Crippen LogP contribution in [0.3, 0.4) is 0 Å². The molecule has 1 rings (SSSR count). The first-order valence-electron chi connectivity index (χ1n) is 5.27. The van der Waals surface area contributed by atoms with Gasteiger partial charge in [-0.1, -0.05) is 0 Å². The second-order valence-corrected chi connectivity index (χ2v) is 5.30. The standard InChI is InChI=1S/C11H15FO5S/c1-16-8-11(6-7-18(13,14)15)17-10-4-2-9(12)3-5-10/h2-5,11H,6-8H2,1H3,(H,13,14,15). The van der Waals surface area contributed by atoms with E-state index in [2.05, 4.69) is 0 Å². The van der Waals surface area contributed by atoms with E-state index in [1.54, 1.807) is 0 Å². The summed E-state index contributed by atoms with van der Waals surface area (Å²) < 4.78 is 53.0. The molecule has 0 saturated heterocycles. The predicted molar refractivity (Wildman–Crippen MR) is 63.7 cm³/mol. The van der Waals surface area contributed by atoms with Crippen LogP contribution in [0.2, 0.25) is 0 Å². The van der Waals surface area contributed by atoms with Crippen LogP contribution in [-0.4, -0.2) is 38.5 Å². The number of methoxy groups -OCH3 is 1. The third kappa shape index (κ3) is 5.95. The van der Waals surface area contributed by atoms with Crippen molar-refractivity contribution < 1.29 is 26.8 Å². The number of hydrogen-bond acceptors (Lipinski definition) is 4. The highest BCUT2D eigenvalue weighted by Gasteiger charge is 2.15. The van der Waals surface area contributed by atoms with Crippen molar-refractivity contribution in [3.8, 4) is 5.75 Å². The first kappa shape index (κ1) is 14.9. The van der Waals surface area contributed by atoms with Crippen LogP contribution in [0.4, 0.5) is 4.39 Å². The zero-order valence-electron chi connectivity index (χ0n) is 9.87. The third-order valence-electron chi connectivity index (χ3n) is 2.17. The number of hydrogen-bond donors (Lipinski definition) is 1. The molecular weight excluding hydrogens is 263 g/mol. The number of halogens is 1. The topological polar surface area (TPSA) is 72.8 Å². The van der Waals surface area contributed by atoms with Gasteiger partial charge in [-0.25, -0.2) is 4.39 Å². The largest absolute Gasteiger partial charge is 0.488 e. The summed E-state index contributed by atoms with van der Waals surface area (Å²) in [4.78, 5) is 0. The van der Waals surface area contributed by atoms with Crippen molar-refractivity contribution in [2.45, 2.75) is 12.5 Å². The molecule has 0 bridgehead atoms. The molecule has 1 unspecified atom stereocenters. The molecule has 5 nitrogen and oxygen atoms in total. The SMILES string of the molecule is COCC(CCS(=O)(=O)O)Oc1ccc(F)cc1. The number of ether oxygens (including phenoxy) is 2. The maximum Gasteiger partial charge on any atom is 0.264 e. The average molecular weight is 278 g/mol. The molecule has 0 spiro atoms. The van der Waals surface area contributed by atoms with Gasteiger partial charge in [0.1, 0.15) is 17.7 Å². The molecule has 0 saturated carbocycles. The van der Waals surface area contributed by atoms with E-state index in [9.17, 15) is 12.8 Å². The molecule has 0 aliphatic rings. The molecule has 0 aliphatic carbocycles. The highest BCUT2D eigenvalue weighted by Crippen LogP contribution is 2.15. The van der Waals surface area contributed by atoms with Crippen LogP contribution >= 0.6 is 0 Å². The van der Waals surface area contributed by atoms with Crippen molar-refractivity contribution in [1.82, 2.24) is 0 Å². The van der Waals surface area contributed by atoms with Gasteiger partial charge in [0.2, 0.25) is 0 Å². The van der Waals surface area contributed by atoms with Gasteiger partial charge >= 0.3 is 0 Å². The van der Waals surface area contributed by atoms with Crippen molar-refractivity contribution in [2.24, 2.45) is 0 Å². The summed E-state index contributed by atoms with van der Waals surface area (Å²) in [5.74, 6) is -0.389. The molecule has 0 radical (unpaired) electrons. The Morgan fingerprint density at radius 1 is 1.33 bits per heavy atom. The monoisotopic (exact) mass is 278 g/mol. The van der Waals surface area contributed by atoms with Crippen LogP contribution in [0.5, 0.6) is 5.75 Å². The summed E-state index contributed by atoms with van der Waals surface area (Å²) in [6.45, 7) is 0.174. The quantitative estimate of drug-likeness (QED) is 0.765. The first-order chi connectivity index (χ1) is 8.40. The zero-order chi connectivity index (χ0) is 13.6. The molecule has 0 heterocycles. The minimum absolute atomic E-state index is 0.0874. The summed E-state index contributed by atoms with van der Waals surface area (Å²) in [6.07, 6.45) is -0.438. The molecule has 0 aromatic heterocycles. The second-order valence-electron chi connectivity index (χ2n) is 3.72. The summed E-state index contributed by atoms with van der Waals surface area (Å²) >= 11 is 0. The molecule has 0 fully saturated rings. The van der Waals surface area contributed by atoms with E-state index in [0.717, 1.165) is 0 Å². The van der Waals surface area contributed by atoms with E-state index in [1.807, 2.05) is 0 Å². The molecular formula is C11H15FO5S. The lowest BCUT2D eigenvalue weighted by Crippen LogP contribution is -2.25. The molecule has 18 heavy (non-hydrogen) atoms. The van der Waals surface area contributed by atoms with Crippen LogP contribution < -0.4 is 4.74 Å². The highest BCUT2D eigenvalue weighted by atomic mass is 32.2. The lowest BCUT2D eigenvalue weighted by molar-refractivity contribution is 0.0789. The molecule has 1 atom stereocenters. The van der Waals surface area contributed by atoms with Gasteiger partial charge in [-0.15, -0.1) is 0 Å². The van der Waals surface area contributed by atoms with E-state index in [4.69, 9.17) is 14.0 Å². The molecule has 1 aromatic carbocycles. The Balaban J connectivity index is 2.59. The van der Waals surface area contributed by atoms with Crippen molar-refractivity contribution in [1.29, 1.82) is 0 Å². The summed E-state index contributed by atoms with van der Waals surface area (Å²) in [6, 6.07) is 5.35. The zero-order valence-corrected chi connectivity index (χ0v) is 10.7. The van der Waals surface area contributed by atoms with Gasteiger partial charge in [-0.3, -0.25) is 4.55 Å². The molecule has 1 aromatic rings. The normalized spacial score (nSPS) is 13.3. The van der Waals surface area contributed by atoms with Crippen LogP contribution in [-0.2, 0) is 14.9 Å². The smallest absolute Gasteiger partial charge is 0.264 e. The van der Waals surface area contributed by atoms with Gasteiger partial charge in [-0.2, -0.15) is 8.42 Å². The predicted octanol–water partition coefficient (Wildman–Crippen LogP) is 1.50. The summed E-state index contributed by atoms with van der Waals surface area (Å²) in [7, 11) is -2.58. The Labute approximate surface area is 105 Å². The number of benzene rings is 1. The fourth-order valence-corrected chi connectivity index (χ4v) is 1.91. The second kappa shape index (κ2) is 6.67. The minimum atomic E-state index is -4.03. The van der Waals surface area contributed by atoms with E-state index in [0.29, 0.717) is 5.75 Å². The Kier molecular flexibility index (Phi) is 5.52. The summed E-state index contributed by atoms with van der Waals surface area (Å²) in [5.41, 5.74) is 0. The fraction of sp³-hybridized carbons (Fsp3) is 0.455. The Hall–Kier alpha value is -1.18. The maximum absolute atomic E-state index is 12.7. The van der Waals surface area contributed by atoms with Gasteiger partial charge in [0.15, 0.2) is 0 Å². The van der Waals surface area contributed by atoms with E-state index >= 15 is 0 Å². The third-order valence-corrected chi connectivity index (χ3v) is 2.92. The van der Waals surface area contributed by atoms with E-state index in [1.165, 1.54) is 31.4 Å². The molecule has 7 heteroatoms. The Morgan fingerprint density at radius 3 is 2.44 bits per heavy atom. The molecule has 0 aliphatic heterocycles. The fourth-order valence-electron chi connectivity index (χ4n) is 1.35. The highest BCUT2D eigenvalue weighted by molar-refractivity contribution is 7.85. The van der Waals surface area contributed by atoms with Crippen LogP contribution in [0.15, 0.2) is 24.3 Å². The average Bonchev–Trinajstić information content (AvgIpc) is 2.28. The maximum atomic E-state index is 12.7. The van der Waals surface area contributed by atoms with Crippen LogP contribution in [0.1, 0.15) is 6.42 Å². The van der Waals surface area contributed by atoms with Crippen molar-refractivity contribution in [3.63, 3.8) is 0 Å². The molecule has 1 N–H and O–H groups in total. The Bertz CT molecular complexity index is 457. The van der Waals surface area contributed by atoms with E-state index in [-0.39, 0.29) is 18.8 Å². The lowest BCUT2D eigenvalue weighted by Gasteiger charge is -2.17. The van der Waals surface area contributed by atoms with Crippen LogP contribution in [0.25, 0.3) is 0 Å². The van der Waals surface area contributed by atoms with Gasteiger partial charge < -0.3 is 9.47 Å². The van der Waals surface area contributed by atoms with E-state index < -0.39 is 22.0 Å². The Morgan fingerprint density at radius 2 is 1.94 bits per heavy atom. The summed E-state index contributed by atoms with van der Waals surface area (Å²) in [5, 5.41) is 0. The van der Waals surface area contributed by atoms with Crippen molar-refractivity contribution in [3.05, 3.63) is 30.1 Å². The van der Waals surface area contributed by atoms with Gasteiger partial charge in [0.25, 0.3) is 10.1 Å². The van der Waals surface area contributed by atoms with Crippen LogP contribution in [0, 0.1) is 5.82 Å². The number of rotatable bonds is 7. The molecule has 0 amide bonds. The van der Waals surface area contributed by atoms with Gasteiger partial charge in [0, 0.05) is 13.5 Å². The minimum Gasteiger partial charge on any atom is -0.488 e. The van der Waals surface area contributed by atoms with Crippen molar-refractivity contribution >= 4 is 10.1 Å².